The molecule has 0 aromatic heterocycles. The monoisotopic (exact) mass is 945 g/mol. The van der Waals surface area contributed by atoms with Gasteiger partial charge in [-0.15, -0.1) is 0 Å². The molecule has 0 aliphatic heterocycles. The summed E-state index contributed by atoms with van der Waals surface area (Å²) in [7, 11) is 0. The van der Waals surface area contributed by atoms with E-state index >= 15 is 0 Å². The predicted octanol–water partition coefficient (Wildman–Crippen LogP) is 18.9. The van der Waals surface area contributed by atoms with Crippen LogP contribution in [0.3, 0.4) is 0 Å². The Hall–Kier alpha value is -3.67. The van der Waals surface area contributed by atoms with Gasteiger partial charge in [-0.2, -0.15) is 0 Å². The molecule has 0 aromatic carbocycles. The van der Waals surface area contributed by atoms with Crippen LogP contribution in [0.15, 0.2) is 97.2 Å². The lowest BCUT2D eigenvalue weighted by Gasteiger charge is -2.18. The summed E-state index contributed by atoms with van der Waals surface area (Å²) in [6, 6.07) is 0. The first-order valence-corrected chi connectivity index (χ1v) is 28.3. The lowest BCUT2D eigenvalue weighted by Crippen LogP contribution is -2.30. The maximum Gasteiger partial charge on any atom is 0.306 e. The zero-order valence-electron chi connectivity index (χ0n) is 44.3. The van der Waals surface area contributed by atoms with Crippen LogP contribution >= 0.6 is 0 Å². The molecule has 0 aliphatic rings. The van der Waals surface area contributed by atoms with Crippen LogP contribution in [0.25, 0.3) is 0 Å². The second-order valence-electron chi connectivity index (χ2n) is 18.7. The summed E-state index contributed by atoms with van der Waals surface area (Å²) in [5.74, 6) is -0.954. The van der Waals surface area contributed by atoms with Crippen molar-refractivity contribution >= 4 is 17.9 Å². The zero-order valence-corrected chi connectivity index (χ0v) is 44.3. The Morgan fingerprint density at radius 1 is 0.309 bits per heavy atom. The van der Waals surface area contributed by atoms with E-state index in [0.29, 0.717) is 19.3 Å². The summed E-state index contributed by atoms with van der Waals surface area (Å²) >= 11 is 0. The van der Waals surface area contributed by atoms with E-state index < -0.39 is 6.10 Å². The first kappa shape index (κ1) is 64.3. The Labute approximate surface area is 419 Å². The maximum atomic E-state index is 12.9. The van der Waals surface area contributed by atoms with Gasteiger partial charge in [-0.25, -0.2) is 0 Å². The van der Waals surface area contributed by atoms with Crippen LogP contribution in [-0.4, -0.2) is 37.2 Å². The highest BCUT2D eigenvalue weighted by Gasteiger charge is 2.19. The quantitative estimate of drug-likeness (QED) is 0.0199. The minimum absolute atomic E-state index is 0.0992. The van der Waals surface area contributed by atoms with Crippen LogP contribution in [0, 0.1) is 0 Å². The molecule has 1 atom stereocenters. The molecule has 68 heavy (non-hydrogen) atoms. The second-order valence-corrected chi connectivity index (χ2v) is 18.7. The first-order valence-electron chi connectivity index (χ1n) is 28.3. The number of allylic oxidation sites excluding steroid dienone is 16. The van der Waals surface area contributed by atoms with Gasteiger partial charge < -0.3 is 14.2 Å². The lowest BCUT2D eigenvalue weighted by atomic mass is 10.0. The number of unbranched alkanes of at least 4 members (excludes halogenated alkanes) is 29. The first-order chi connectivity index (χ1) is 33.5. The van der Waals surface area contributed by atoms with E-state index in [-0.39, 0.29) is 31.1 Å². The number of carbonyl (C=O) groups excluding carboxylic acids is 3. The molecule has 6 nitrogen and oxygen atoms in total. The third-order valence-corrected chi connectivity index (χ3v) is 12.0. The van der Waals surface area contributed by atoms with Crippen LogP contribution in [0.4, 0.5) is 0 Å². The normalized spacial score (nSPS) is 12.8. The van der Waals surface area contributed by atoms with Gasteiger partial charge in [0.25, 0.3) is 0 Å². The van der Waals surface area contributed by atoms with Crippen molar-refractivity contribution in [3.8, 4) is 0 Å². The Kier molecular flexibility index (Phi) is 52.9. The fourth-order valence-electron chi connectivity index (χ4n) is 7.77. The maximum absolute atomic E-state index is 12.9. The van der Waals surface area contributed by atoms with E-state index in [0.717, 1.165) is 83.5 Å². The molecule has 0 rings (SSSR count). The van der Waals surface area contributed by atoms with Crippen LogP contribution < -0.4 is 0 Å². The molecule has 0 aromatic rings. The molecule has 0 aliphatic carbocycles. The standard InChI is InChI=1S/C62H104O6/c1-4-7-10-13-16-19-22-25-27-29-31-33-34-37-40-43-46-49-52-55-61(64)67-58-59(57-66-60(63)54-51-48-45-42-39-36-24-21-18-15-12-9-6-3)68-62(65)56-53-50-47-44-41-38-35-32-30-28-26-23-20-17-14-11-8-5-2/h7,10,13,16,19,22,25,27,29,31,33-34,36-37,39-40,59H,4-6,8-9,11-12,14-15,17-18,20-21,23-24,26,28,30,32,35,38,41-58H2,1-3H3/b10-7-,16-13-,22-19-,27-25-,31-29+,34-33-,39-36-,40-37-. The predicted molar refractivity (Wildman–Crippen MR) is 293 cm³/mol. The van der Waals surface area contributed by atoms with Gasteiger partial charge in [0.2, 0.25) is 0 Å². The van der Waals surface area contributed by atoms with Crippen molar-refractivity contribution in [2.24, 2.45) is 0 Å². The van der Waals surface area contributed by atoms with Crippen molar-refractivity contribution < 1.29 is 28.6 Å². The summed E-state index contributed by atoms with van der Waals surface area (Å²) in [5.41, 5.74) is 0. The highest BCUT2D eigenvalue weighted by atomic mass is 16.6. The van der Waals surface area contributed by atoms with Gasteiger partial charge in [-0.1, -0.05) is 272 Å². The van der Waals surface area contributed by atoms with E-state index in [1.807, 2.05) is 72.9 Å². The highest BCUT2D eigenvalue weighted by molar-refractivity contribution is 5.71. The van der Waals surface area contributed by atoms with E-state index in [9.17, 15) is 14.4 Å². The Morgan fingerprint density at radius 3 is 0.956 bits per heavy atom. The van der Waals surface area contributed by atoms with Crippen molar-refractivity contribution in [3.05, 3.63) is 97.2 Å². The molecule has 0 heterocycles. The second kappa shape index (κ2) is 55.9. The Balaban J connectivity index is 4.48. The summed E-state index contributed by atoms with van der Waals surface area (Å²) in [6.45, 7) is 6.45. The summed E-state index contributed by atoms with van der Waals surface area (Å²) in [4.78, 5) is 38.1. The average Bonchev–Trinajstić information content (AvgIpc) is 3.34. The molecular weight excluding hydrogens is 841 g/mol. The Bertz CT molecular complexity index is 1360. The number of hydrogen-bond acceptors (Lipinski definition) is 6. The van der Waals surface area contributed by atoms with Gasteiger partial charge in [0.15, 0.2) is 6.10 Å². The number of ether oxygens (including phenoxy) is 3. The van der Waals surface area contributed by atoms with Gasteiger partial charge in [0, 0.05) is 19.3 Å². The van der Waals surface area contributed by atoms with Crippen molar-refractivity contribution in [2.45, 2.75) is 264 Å². The zero-order chi connectivity index (χ0) is 49.3. The van der Waals surface area contributed by atoms with Gasteiger partial charge in [-0.3, -0.25) is 14.4 Å². The van der Waals surface area contributed by atoms with Crippen molar-refractivity contribution in [2.75, 3.05) is 13.2 Å². The molecule has 0 N–H and O–H groups in total. The molecular formula is C62H104O6. The Morgan fingerprint density at radius 2 is 0.588 bits per heavy atom. The molecule has 1 unspecified atom stereocenters. The number of esters is 3. The van der Waals surface area contributed by atoms with Gasteiger partial charge in [0.1, 0.15) is 13.2 Å². The topological polar surface area (TPSA) is 78.9 Å². The fraction of sp³-hybridized carbons (Fsp3) is 0.694. The van der Waals surface area contributed by atoms with Gasteiger partial charge in [-0.05, 0) is 64.2 Å². The number of rotatable bonds is 50. The largest absolute Gasteiger partial charge is 0.462 e. The number of carbonyl (C=O) groups is 3. The van der Waals surface area contributed by atoms with Crippen LogP contribution in [0.5, 0.6) is 0 Å². The molecule has 0 saturated carbocycles. The van der Waals surface area contributed by atoms with Crippen molar-refractivity contribution in [1.29, 1.82) is 0 Å². The van der Waals surface area contributed by atoms with E-state index in [1.54, 1.807) is 0 Å². The van der Waals surface area contributed by atoms with Crippen LogP contribution in [-0.2, 0) is 28.6 Å². The summed E-state index contributed by atoms with van der Waals surface area (Å²) < 4.78 is 16.8. The summed E-state index contributed by atoms with van der Waals surface area (Å²) in [5, 5.41) is 0. The third-order valence-electron chi connectivity index (χ3n) is 12.0. The smallest absolute Gasteiger partial charge is 0.306 e. The summed E-state index contributed by atoms with van der Waals surface area (Å²) in [6.07, 6.45) is 73.9. The number of hydrogen-bond donors (Lipinski definition) is 0. The molecule has 0 radical (unpaired) electrons. The van der Waals surface area contributed by atoms with Gasteiger partial charge >= 0.3 is 17.9 Å². The van der Waals surface area contributed by atoms with E-state index in [1.165, 1.54) is 135 Å². The molecule has 0 amide bonds. The van der Waals surface area contributed by atoms with E-state index in [2.05, 4.69) is 45.1 Å². The molecule has 6 heteroatoms. The van der Waals surface area contributed by atoms with Crippen molar-refractivity contribution in [3.63, 3.8) is 0 Å². The SMILES string of the molecule is CC\C=C/C=C\C=C/C=C\C=C\C=C/C=C\CCCCCC(=O)OCC(COC(=O)CCCCC/C=C\CCCCCCCC)OC(=O)CCCCCCCCCCCCCCCCCCCC. The van der Waals surface area contributed by atoms with E-state index in [4.69, 9.17) is 14.2 Å². The lowest BCUT2D eigenvalue weighted by molar-refractivity contribution is -0.167. The molecule has 0 bridgehead atoms. The third kappa shape index (κ3) is 53.3. The van der Waals surface area contributed by atoms with Crippen molar-refractivity contribution in [1.82, 2.24) is 0 Å². The molecule has 0 spiro atoms. The van der Waals surface area contributed by atoms with Crippen LogP contribution in [0.2, 0.25) is 0 Å². The average molecular weight is 946 g/mol. The molecule has 0 saturated heterocycles. The molecule has 388 valence electrons. The van der Waals surface area contributed by atoms with Gasteiger partial charge in [0.05, 0.1) is 0 Å². The fourth-order valence-corrected chi connectivity index (χ4v) is 7.77. The minimum atomic E-state index is -0.802. The highest BCUT2D eigenvalue weighted by Crippen LogP contribution is 2.16. The molecule has 0 fully saturated rings. The minimum Gasteiger partial charge on any atom is -0.462 e. The van der Waals surface area contributed by atoms with Crippen LogP contribution in [0.1, 0.15) is 258 Å².